The van der Waals surface area contributed by atoms with Gasteiger partial charge >= 0.3 is 18.0 Å². The smallest absolute Gasteiger partial charge is 0.405 e. The average molecular weight is 161 g/mol. The van der Waals surface area contributed by atoms with Crippen LogP contribution in [0.5, 0.6) is 0 Å². The first-order valence-electron chi connectivity index (χ1n) is 2.65. The van der Waals surface area contributed by atoms with Crippen LogP contribution >= 0.6 is 0 Å². The van der Waals surface area contributed by atoms with Crippen LogP contribution in [0.1, 0.15) is 13.8 Å². The first-order valence-corrected chi connectivity index (χ1v) is 2.65. The van der Waals surface area contributed by atoms with Gasteiger partial charge in [0.25, 0.3) is 0 Å². The normalized spacial score (nSPS) is 8.18. The van der Waals surface area contributed by atoms with Crippen molar-refractivity contribution < 1.29 is 24.3 Å². The van der Waals surface area contributed by atoms with Gasteiger partial charge in [-0.2, -0.15) is 0 Å². The number of rotatable bonds is 0. The Bertz CT molecular complexity index is 179. The van der Waals surface area contributed by atoms with E-state index in [0.29, 0.717) is 0 Å². The lowest BCUT2D eigenvalue weighted by atomic mass is 10.8. The zero-order chi connectivity index (χ0) is 8.85. The maximum absolute atomic E-state index is 10.2. The summed E-state index contributed by atoms with van der Waals surface area (Å²) in [6, 6.07) is 0. The van der Waals surface area contributed by atoms with E-state index in [1.807, 2.05) is 0 Å². The van der Waals surface area contributed by atoms with E-state index in [-0.39, 0.29) is 0 Å². The van der Waals surface area contributed by atoms with Crippen molar-refractivity contribution in [2.75, 3.05) is 0 Å². The molecule has 0 aromatic carbocycles. The van der Waals surface area contributed by atoms with Gasteiger partial charge in [0.05, 0.1) is 0 Å². The third-order valence-corrected chi connectivity index (χ3v) is 0.544. The van der Waals surface area contributed by atoms with Crippen molar-refractivity contribution in [2.24, 2.45) is 5.16 Å². The van der Waals surface area contributed by atoms with Gasteiger partial charge in [0.1, 0.15) is 0 Å². The predicted octanol–water partition coefficient (Wildman–Crippen LogP) is -0.142. The van der Waals surface area contributed by atoms with Crippen LogP contribution in [0, 0.1) is 0 Å². The molecule has 0 aliphatic heterocycles. The fourth-order valence-electron chi connectivity index (χ4n) is 0.308. The highest BCUT2D eigenvalue weighted by atomic mass is 16.7. The minimum Gasteiger partial charge on any atom is -0.405 e. The Balaban J connectivity index is 3.99. The van der Waals surface area contributed by atoms with Gasteiger partial charge in [-0.3, -0.25) is 9.59 Å². The summed E-state index contributed by atoms with van der Waals surface area (Å²) in [5.74, 6) is -1.47. The van der Waals surface area contributed by atoms with E-state index in [0.717, 1.165) is 13.8 Å². The summed E-state index contributed by atoms with van der Waals surface area (Å²) in [6.07, 6.45) is -0.773. The maximum Gasteiger partial charge on any atom is 0.437 e. The van der Waals surface area contributed by atoms with Crippen LogP contribution in [0.25, 0.3) is 0 Å². The van der Waals surface area contributed by atoms with Crippen LogP contribution in [0.3, 0.4) is 0 Å². The SMILES string of the molecule is CC(=O)OC(=NO)OC(C)=O. The monoisotopic (exact) mass is 161 g/mol. The molecule has 6 nitrogen and oxygen atoms in total. The maximum atomic E-state index is 10.2. The number of carbonyl (C=O) groups excluding carboxylic acids is 2. The predicted molar refractivity (Wildman–Crippen MR) is 32.8 cm³/mol. The molecule has 62 valence electrons. The third-order valence-electron chi connectivity index (χ3n) is 0.544. The van der Waals surface area contributed by atoms with E-state index in [2.05, 4.69) is 14.6 Å². The van der Waals surface area contributed by atoms with E-state index in [1.54, 1.807) is 0 Å². The van der Waals surface area contributed by atoms with Crippen molar-refractivity contribution in [1.82, 2.24) is 0 Å². The highest BCUT2D eigenvalue weighted by Crippen LogP contribution is 1.86. The van der Waals surface area contributed by atoms with Crippen LogP contribution < -0.4 is 0 Å². The molecule has 0 spiro atoms. The van der Waals surface area contributed by atoms with Crippen LogP contribution in [0.2, 0.25) is 0 Å². The number of esters is 2. The summed E-state index contributed by atoms with van der Waals surface area (Å²) in [5, 5.41) is 10.5. The van der Waals surface area contributed by atoms with Crippen LogP contribution in [-0.2, 0) is 19.1 Å². The molecule has 0 fully saturated rings. The molecule has 0 saturated heterocycles. The first-order chi connectivity index (χ1) is 5.06. The van der Waals surface area contributed by atoms with Gasteiger partial charge in [-0.25, -0.2) is 0 Å². The molecule has 0 aliphatic carbocycles. The van der Waals surface area contributed by atoms with Crippen molar-refractivity contribution in [2.45, 2.75) is 13.8 Å². The molecule has 0 radical (unpaired) electrons. The highest BCUT2D eigenvalue weighted by Gasteiger charge is 2.08. The minimum absolute atomic E-state index is 0.737. The molecule has 0 heterocycles. The van der Waals surface area contributed by atoms with Crippen molar-refractivity contribution in [3.63, 3.8) is 0 Å². The van der Waals surface area contributed by atoms with E-state index in [4.69, 9.17) is 5.21 Å². The summed E-state index contributed by atoms with van der Waals surface area (Å²) >= 11 is 0. The molecule has 0 amide bonds. The molecule has 11 heavy (non-hydrogen) atoms. The first kappa shape index (κ1) is 9.41. The van der Waals surface area contributed by atoms with Gasteiger partial charge in [-0.15, -0.1) is 0 Å². The summed E-state index contributed by atoms with van der Waals surface area (Å²) in [7, 11) is 0. The number of carbonyl (C=O) groups is 2. The zero-order valence-electron chi connectivity index (χ0n) is 6.03. The Labute approximate surface area is 62.4 Å². The second-order valence-corrected chi connectivity index (χ2v) is 1.55. The van der Waals surface area contributed by atoms with E-state index in [1.165, 1.54) is 0 Å². The molecule has 0 unspecified atom stereocenters. The standard InChI is InChI=1S/C5H7NO5/c1-3(7)10-5(6-9)11-4(2)8/h9H,1-2H3. The Morgan fingerprint density at radius 2 is 1.55 bits per heavy atom. The second kappa shape index (κ2) is 4.26. The number of nitrogens with zero attached hydrogens (tertiary/aromatic N) is 1. The highest BCUT2D eigenvalue weighted by molar-refractivity contribution is 5.89. The van der Waals surface area contributed by atoms with Crippen LogP contribution in [0.4, 0.5) is 0 Å². The zero-order valence-corrected chi connectivity index (χ0v) is 6.03. The topological polar surface area (TPSA) is 85.2 Å². The molecule has 0 bridgehead atoms. The molecule has 0 atom stereocenters. The number of hydrogen-bond acceptors (Lipinski definition) is 6. The van der Waals surface area contributed by atoms with Crippen molar-refractivity contribution in [1.29, 1.82) is 0 Å². The average Bonchev–Trinajstić information content (AvgIpc) is 1.84. The fourth-order valence-corrected chi connectivity index (χ4v) is 0.308. The van der Waals surface area contributed by atoms with Crippen LogP contribution in [-0.4, -0.2) is 23.2 Å². The summed E-state index contributed by atoms with van der Waals surface area (Å²) in [6.45, 7) is 2.16. The molecule has 0 aromatic rings. The molecule has 0 rings (SSSR count). The lowest BCUT2D eigenvalue weighted by Crippen LogP contribution is -2.15. The van der Waals surface area contributed by atoms with Crippen molar-refractivity contribution in [3.8, 4) is 0 Å². The second-order valence-electron chi connectivity index (χ2n) is 1.55. The Kier molecular flexibility index (Phi) is 3.65. The Morgan fingerprint density at radius 1 is 1.18 bits per heavy atom. The quantitative estimate of drug-likeness (QED) is 0.176. The number of hydrogen-bond donors (Lipinski definition) is 1. The fraction of sp³-hybridized carbons (Fsp3) is 0.400. The molecule has 0 aliphatic rings. The van der Waals surface area contributed by atoms with Gasteiger partial charge in [0.15, 0.2) is 0 Å². The van der Waals surface area contributed by atoms with Crippen LogP contribution in [0.15, 0.2) is 5.16 Å². The third kappa shape index (κ3) is 4.89. The number of oxime groups is 1. The molecule has 1 N–H and O–H groups in total. The summed E-state index contributed by atoms with van der Waals surface area (Å²) in [4.78, 5) is 20.4. The molecule has 0 saturated carbocycles. The van der Waals surface area contributed by atoms with Gasteiger partial charge in [0.2, 0.25) is 0 Å². The van der Waals surface area contributed by atoms with Crippen molar-refractivity contribution >= 4 is 18.0 Å². The minimum atomic E-state index is -0.773. The molecule has 0 aromatic heterocycles. The molecule has 6 heteroatoms. The van der Waals surface area contributed by atoms with Gasteiger partial charge in [0, 0.05) is 13.8 Å². The lowest BCUT2D eigenvalue weighted by molar-refractivity contribution is -0.140. The molecular formula is C5H7NO5. The van der Waals surface area contributed by atoms with E-state index < -0.39 is 18.0 Å². The lowest BCUT2D eigenvalue weighted by Gasteiger charge is -2.00. The Hall–Kier alpha value is -1.59. The van der Waals surface area contributed by atoms with Gasteiger partial charge in [-0.1, -0.05) is 0 Å². The van der Waals surface area contributed by atoms with Gasteiger partial charge < -0.3 is 14.7 Å². The van der Waals surface area contributed by atoms with E-state index in [9.17, 15) is 9.59 Å². The van der Waals surface area contributed by atoms with Crippen molar-refractivity contribution in [3.05, 3.63) is 0 Å². The Morgan fingerprint density at radius 3 is 1.73 bits per heavy atom. The summed E-state index contributed by atoms with van der Waals surface area (Å²) in [5.41, 5.74) is 0. The summed E-state index contributed by atoms with van der Waals surface area (Å²) < 4.78 is 8.26. The van der Waals surface area contributed by atoms with Gasteiger partial charge in [-0.05, 0) is 5.16 Å². The molecular weight excluding hydrogens is 154 g/mol. The van der Waals surface area contributed by atoms with E-state index >= 15 is 0 Å². The largest absolute Gasteiger partial charge is 0.437 e. The number of ether oxygens (including phenoxy) is 2.